The van der Waals surface area contributed by atoms with E-state index in [1.165, 1.54) is 12.1 Å². The van der Waals surface area contributed by atoms with Crippen molar-refractivity contribution in [1.82, 2.24) is 0 Å². The van der Waals surface area contributed by atoms with Gasteiger partial charge < -0.3 is 15.1 Å². The van der Waals surface area contributed by atoms with Gasteiger partial charge >= 0.3 is 5.97 Å². The van der Waals surface area contributed by atoms with Crippen LogP contribution < -0.4 is 4.74 Å². The van der Waals surface area contributed by atoms with Crippen LogP contribution in [-0.2, 0) is 5.41 Å². The second-order valence-corrected chi connectivity index (χ2v) is 8.38. The molecule has 0 spiro atoms. The summed E-state index contributed by atoms with van der Waals surface area (Å²) in [6.45, 7) is 8.56. The highest BCUT2D eigenvalue weighted by atomic mass is 16.5. The number of rotatable bonds is 4. The topological polar surface area (TPSA) is 79.1 Å². The smallest absolute Gasteiger partial charge is 0.335 e. The minimum absolute atomic E-state index is 0.0654. The Hall–Kier alpha value is -3.08. The SMILES string of the molecule is CC1(C)CC(C)(C)c2cc(C(/C=C/c3ccc(C(=O)O)cc3)=N\O)ccc2O1. The van der Waals surface area contributed by atoms with Crippen LogP contribution in [0, 0.1) is 0 Å². The largest absolute Gasteiger partial charge is 0.488 e. The first kappa shape index (κ1) is 19.7. The molecule has 2 aromatic carbocycles. The summed E-state index contributed by atoms with van der Waals surface area (Å²) in [5.41, 5.74) is 3.05. The van der Waals surface area contributed by atoms with Gasteiger partial charge in [-0.3, -0.25) is 0 Å². The Morgan fingerprint density at radius 3 is 2.32 bits per heavy atom. The molecule has 0 unspecified atom stereocenters. The molecule has 0 amide bonds. The van der Waals surface area contributed by atoms with Crippen molar-refractivity contribution in [1.29, 1.82) is 0 Å². The number of hydrogen-bond acceptors (Lipinski definition) is 4. The van der Waals surface area contributed by atoms with Gasteiger partial charge in [-0.25, -0.2) is 4.79 Å². The number of ether oxygens (including phenoxy) is 1. The standard InChI is InChI=1S/C23H25NO4/c1-22(2)14-23(3,4)28-20-12-10-17(13-18(20)22)19(24-27)11-7-15-5-8-16(9-6-15)21(25)26/h5-13,27H,14H2,1-4H3,(H,25,26)/b11-7+,24-19-. The molecule has 0 atom stereocenters. The second kappa shape index (κ2) is 7.15. The van der Waals surface area contributed by atoms with Gasteiger partial charge in [-0.15, -0.1) is 0 Å². The summed E-state index contributed by atoms with van der Waals surface area (Å²) in [7, 11) is 0. The van der Waals surface area contributed by atoms with Crippen molar-refractivity contribution in [2.24, 2.45) is 5.16 Å². The number of fused-ring (bicyclic) bond motifs is 1. The fraction of sp³-hybridized carbons (Fsp3) is 0.304. The van der Waals surface area contributed by atoms with Gasteiger partial charge in [-0.2, -0.15) is 0 Å². The molecule has 0 fully saturated rings. The number of aromatic carboxylic acids is 1. The first-order chi connectivity index (χ1) is 13.1. The second-order valence-electron chi connectivity index (χ2n) is 8.38. The van der Waals surface area contributed by atoms with Gasteiger partial charge in [0.15, 0.2) is 0 Å². The number of benzene rings is 2. The minimum atomic E-state index is -0.963. The molecule has 0 saturated carbocycles. The molecule has 0 radical (unpaired) electrons. The quantitative estimate of drug-likeness (QED) is 0.439. The van der Waals surface area contributed by atoms with Crippen molar-refractivity contribution in [2.45, 2.75) is 45.1 Å². The molecule has 2 aromatic rings. The monoisotopic (exact) mass is 379 g/mol. The summed E-state index contributed by atoms with van der Waals surface area (Å²) in [6, 6.07) is 12.3. The van der Waals surface area contributed by atoms with Crippen molar-refractivity contribution in [2.75, 3.05) is 0 Å². The number of carbonyl (C=O) groups is 1. The first-order valence-corrected chi connectivity index (χ1v) is 9.19. The normalized spacial score (nSPS) is 17.8. The zero-order valence-electron chi connectivity index (χ0n) is 16.6. The summed E-state index contributed by atoms with van der Waals surface area (Å²) >= 11 is 0. The number of nitrogens with zero attached hydrogens (tertiary/aromatic N) is 1. The lowest BCUT2D eigenvalue weighted by molar-refractivity contribution is 0.0534. The van der Waals surface area contributed by atoms with Crippen LogP contribution in [0.25, 0.3) is 6.08 Å². The lowest BCUT2D eigenvalue weighted by Crippen LogP contribution is -2.41. The average Bonchev–Trinajstić information content (AvgIpc) is 2.61. The lowest BCUT2D eigenvalue weighted by Gasteiger charge is -2.42. The lowest BCUT2D eigenvalue weighted by atomic mass is 9.73. The van der Waals surface area contributed by atoms with E-state index in [4.69, 9.17) is 9.84 Å². The number of carboxylic acids is 1. The highest BCUT2D eigenvalue weighted by Crippen LogP contribution is 2.44. The molecule has 146 valence electrons. The number of carboxylic acid groups (broad SMARTS) is 1. The molecular formula is C23H25NO4. The van der Waals surface area contributed by atoms with Gasteiger partial charge in [0.25, 0.3) is 0 Å². The molecule has 0 saturated heterocycles. The van der Waals surface area contributed by atoms with Crippen molar-refractivity contribution < 1.29 is 19.8 Å². The third-order valence-electron chi connectivity index (χ3n) is 4.96. The molecule has 5 heteroatoms. The van der Waals surface area contributed by atoms with Gasteiger partial charge in [0, 0.05) is 11.1 Å². The van der Waals surface area contributed by atoms with Crippen LogP contribution in [-0.4, -0.2) is 27.6 Å². The highest BCUT2D eigenvalue weighted by Gasteiger charge is 2.39. The van der Waals surface area contributed by atoms with Gasteiger partial charge in [-0.05, 0) is 67.7 Å². The van der Waals surface area contributed by atoms with E-state index in [0.717, 1.165) is 28.9 Å². The van der Waals surface area contributed by atoms with Crippen LogP contribution in [0.2, 0.25) is 0 Å². The zero-order valence-corrected chi connectivity index (χ0v) is 16.6. The maximum atomic E-state index is 10.9. The predicted molar refractivity (Wildman–Crippen MR) is 110 cm³/mol. The van der Waals surface area contributed by atoms with Crippen LogP contribution in [0.1, 0.15) is 61.2 Å². The first-order valence-electron chi connectivity index (χ1n) is 9.19. The summed E-state index contributed by atoms with van der Waals surface area (Å²) in [6.07, 6.45) is 4.37. The average molecular weight is 379 g/mol. The minimum Gasteiger partial charge on any atom is -0.488 e. The number of hydrogen-bond donors (Lipinski definition) is 2. The fourth-order valence-electron chi connectivity index (χ4n) is 3.90. The Morgan fingerprint density at radius 2 is 1.71 bits per heavy atom. The van der Waals surface area contributed by atoms with Gasteiger partial charge in [0.1, 0.15) is 17.1 Å². The molecule has 1 aliphatic heterocycles. The van der Waals surface area contributed by atoms with E-state index >= 15 is 0 Å². The Morgan fingerprint density at radius 1 is 1.07 bits per heavy atom. The van der Waals surface area contributed by atoms with Gasteiger partial charge in [-0.1, -0.05) is 37.2 Å². The summed E-state index contributed by atoms with van der Waals surface area (Å²) in [4.78, 5) is 10.9. The molecule has 28 heavy (non-hydrogen) atoms. The van der Waals surface area contributed by atoms with E-state index in [0.29, 0.717) is 5.71 Å². The molecule has 0 aromatic heterocycles. The van der Waals surface area contributed by atoms with E-state index < -0.39 is 5.97 Å². The van der Waals surface area contributed by atoms with Crippen molar-refractivity contribution in [3.63, 3.8) is 0 Å². The van der Waals surface area contributed by atoms with Crippen LogP contribution in [0.5, 0.6) is 5.75 Å². The third kappa shape index (κ3) is 4.09. The zero-order chi connectivity index (χ0) is 20.5. The Balaban J connectivity index is 1.89. The molecule has 2 N–H and O–H groups in total. The van der Waals surface area contributed by atoms with E-state index in [2.05, 4.69) is 32.9 Å². The van der Waals surface area contributed by atoms with Crippen LogP contribution in [0.4, 0.5) is 0 Å². The molecular weight excluding hydrogens is 354 g/mol. The number of allylic oxidation sites excluding steroid dienone is 1. The van der Waals surface area contributed by atoms with E-state index in [-0.39, 0.29) is 16.6 Å². The maximum Gasteiger partial charge on any atom is 0.335 e. The summed E-state index contributed by atoms with van der Waals surface area (Å²) in [5.74, 6) is -0.106. The molecule has 0 bridgehead atoms. The predicted octanol–water partition coefficient (Wildman–Crippen LogP) is 5.12. The van der Waals surface area contributed by atoms with Crippen LogP contribution in [0.15, 0.2) is 53.7 Å². The fourth-order valence-corrected chi connectivity index (χ4v) is 3.90. The van der Waals surface area contributed by atoms with Crippen LogP contribution in [0.3, 0.4) is 0 Å². The van der Waals surface area contributed by atoms with Crippen molar-refractivity contribution in [3.05, 3.63) is 70.8 Å². The Bertz CT molecular complexity index is 953. The molecule has 3 rings (SSSR count). The van der Waals surface area contributed by atoms with Gasteiger partial charge in [0.2, 0.25) is 0 Å². The Kier molecular flexibility index (Phi) is 5.02. The summed E-state index contributed by atoms with van der Waals surface area (Å²) < 4.78 is 6.11. The van der Waals surface area contributed by atoms with Crippen molar-refractivity contribution >= 4 is 17.8 Å². The third-order valence-corrected chi connectivity index (χ3v) is 4.96. The van der Waals surface area contributed by atoms with E-state index in [1.54, 1.807) is 24.3 Å². The van der Waals surface area contributed by atoms with E-state index in [1.807, 2.05) is 18.2 Å². The molecule has 5 nitrogen and oxygen atoms in total. The molecule has 0 aliphatic carbocycles. The van der Waals surface area contributed by atoms with Crippen molar-refractivity contribution in [3.8, 4) is 5.75 Å². The summed E-state index contributed by atoms with van der Waals surface area (Å²) in [5, 5.41) is 21.9. The number of oxime groups is 1. The van der Waals surface area contributed by atoms with E-state index in [9.17, 15) is 10.0 Å². The molecule has 1 aliphatic rings. The van der Waals surface area contributed by atoms with Gasteiger partial charge in [0.05, 0.1) is 5.56 Å². The maximum absolute atomic E-state index is 10.9. The Labute approximate surface area is 165 Å². The molecule has 1 heterocycles. The van der Waals surface area contributed by atoms with Crippen LogP contribution >= 0.6 is 0 Å². The highest BCUT2D eigenvalue weighted by molar-refractivity contribution is 6.10.